The van der Waals surface area contributed by atoms with Crippen molar-refractivity contribution in [1.29, 1.82) is 0 Å². The van der Waals surface area contributed by atoms with E-state index in [9.17, 15) is 0 Å². The molecule has 6 heteroatoms. The molecule has 1 aliphatic rings. The maximum absolute atomic E-state index is 4.76. The van der Waals surface area contributed by atoms with Crippen molar-refractivity contribution in [3.05, 3.63) is 34.8 Å². The van der Waals surface area contributed by atoms with Gasteiger partial charge in [0, 0.05) is 30.9 Å². The van der Waals surface area contributed by atoms with E-state index < -0.39 is 0 Å². The lowest BCUT2D eigenvalue weighted by Gasteiger charge is -2.20. The van der Waals surface area contributed by atoms with Crippen molar-refractivity contribution in [3.8, 4) is 0 Å². The Kier molecular flexibility index (Phi) is 5.23. The third-order valence-electron chi connectivity index (χ3n) is 4.45. The Morgan fingerprint density at radius 2 is 1.75 bits per heavy atom. The van der Waals surface area contributed by atoms with Gasteiger partial charge in [0.2, 0.25) is 5.95 Å². The average Bonchev–Trinajstić information content (AvgIpc) is 3.14. The van der Waals surface area contributed by atoms with Crippen LogP contribution in [0.15, 0.2) is 12.1 Å². The number of rotatable bonds is 6. The van der Waals surface area contributed by atoms with E-state index >= 15 is 0 Å². The number of hydrogen-bond acceptors (Lipinski definition) is 6. The Labute approximate surface area is 143 Å². The molecular weight excluding hydrogens is 300 g/mol. The van der Waals surface area contributed by atoms with Crippen LogP contribution >= 0.6 is 0 Å². The molecule has 0 radical (unpaired) electrons. The summed E-state index contributed by atoms with van der Waals surface area (Å²) >= 11 is 0. The van der Waals surface area contributed by atoms with Gasteiger partial charge in [0.25, 0.3) is 0 Å². The lowest BCUT2D eigenvalue weighted by molar-refractivity contribution is 0.817. The molecule has 0 aliphatic carbocycles. The molecule has 1 N–H and O–H groups in total. The molecule has 0 unspecified atom stereocenters. The second-order valence-corrected chi connectivity index (χ2v) is 6.22. The highest BCUT2D eigenvalue weighted by molar-refractivity contribution is 5.49. The van der Waals surface area contributed by atoms with Crippen LogP contribution < -0.4 is 10.2 Å². The number of pyridine rings is 1. The van der Waals surface area contributed by atoms with Gasteiger partial charge in [0.15, 0.2) is 0 Å². The van der Waals surface area contributed by atoms with E-state index in [0.717, 1.165) is 48.8 Å². The van der Waals surface area contributed by atoms with Crippen LogP contribution in [-0.4, -0.2) is 33.3 Å². The Hall–Kier alpha value is -2.24. The molecular formula is C18H26N6. The summed E-state index contributed by atoms with van der Waals surface area (Å²) in [6.45, 7) is 9.07. The van der Waals surface area contributed by atoms with Crippen molar-refractivity contribution in [2.45, 2.75) is 53.0 Å². The van der Waals surface area contributed by atoms with Gasteiger partial charge in [0.1, 0.15) is 5.82 Å². The number of hydrogen-bond donors (Lipinski definition) is 1. The largest absolute Gasteiger partial charge is 0.356 e. The van der Waals surface area contributed by atoms with Crippen molar-refractivity contribution in [2.24, 2.45) is 0 Å². The number of nitrogens with zero attached hydrogens (tertiary/aromatic N) is 5. The van der Waals surface area contributed by atoms with Crippen molar-refractivity contribution >= 4 is 11.8 Å². The highest BCUT2D eigenvalue weighted by atomic mass is 15.2. The first kappa shape index (κ1) is 16.6. The maximum Gasteiger partial charge on any atom is 0.243 e. The van der Waals surface area contributed by atoms with Crippen LogP contribution in [0, 0.1) is 6.92 Å². The Balaban J connectivity index is 1.77. The molecule has 0 spiro atoms. The van der Waals surface area contributed by atoms with Gasteiger partial charge in [-0.05, 0) is 38.7 Å². The number of nitrogens with one attached hydrogen (secondary N) is 1. The molecule has 2 aromatic rings. The Morgan fingerprint density at radius 1 is 1.00 bits per heavy atom. The molecule has 0 atom stereocenters. The van der Waals surface area contributed by atoms with E-state index in [1.165, 1.54) is 18.4 Å². The fourth-order valence-corrected chi connectivity index (χ4v) is 3.10. The van der Waals surface area contributed by atoms with Gasteiger partial charge in [-0.1, -0.05) is 19.9 Å². The predicted molar refractivity (Wildman–Crippen MR) is 96.3 cm³/mol. The first-order valence-corrected chi connectivity index (χ1v) is 8.89. The quantitative estimate of drug-likeness (QED) is 0.880. The fraction of sp³-hybridized carbons (Fsp3) is 0.556. The van der Waals surface area contributed by atoms with Gasteiger partial charge in [-0.3, -0.25) is 0 Å². The third-order valence-corrected chi connectivity index (χ3v) is 4.45. The van der Waals surface area contributed by atoms with E-state index in [2.05, 4.69) is 51.4 Å². The van der Waals surface area contributed by atoms with Gasteiger partial charge < -0.3 is 10.2 Å². The smallest absolute Gasteiger partial charge is 0.243 e. The summed E-state index contributed by atoms with van der Waals surface area (Å²) < 4.78 is 0. The van der Waals surface area contributed by atoms with Gasteiger partial charge in [-0.25, -0.2) is 9.97 Å². The van der Waals surface area contributed by atoms with Crippen LogP contribution in [0.5, 0.6) is 0 Å². The molecule has 3 rings (SSSR count). The summed E-state index contributed by atoms with van der Waals surface area (Å²) in [5.74, 6) is 1.69. The minimum atomic E-state index is 0.594. The van der Waals surface area contributed by atoms with E-state index in [0.29, 0.717) is 12.5 Å². The molecule has 1 aliphatic heterocycles. The Morgan fingerprint density at radius 3 is 2.46 bits per heavy atom. The number of aryl methyl sites for hydroxylation is 3. The van der Waals surface area contributed by atoms with Crippen molar-refractivity contribution in [1.82, 2.24) is 20.2 Å². The van der Waals surface area contributed by atoms with Crippen molar-refractivity contribution in [2.75, 3.05) is 23.3 Å². The molecule has 0 amide bonds. The SMILES string of the molecule is CCc1nnc(NCc2ccc(C)nc2N2CCCC2)nc1CC. The van der Waals surface area contributed by atoms with Gasteiger partial charge >= 0.3 is 0 Å². The van der Waals surface area contributed by atoms with Gasteiger partial charge in [0.05, 0.1) is 11.4 Å². The maximum atomic E-state index is 4.76. The minimum Gasteiger partial charge on any atom is -0.356 e. The monoisotopic (exact) mass is 326 g/mol. The molecule has 0 aromatic carbocycles. The van der Waals surface area contributed by atoms with Crippen molar-refractivity contribution < 1.29 is 0 Å². The first-order chi connectivity index (χ1) is 11.7. The first-order valence-electron chi connectivity index (χ1n) is 8.89. The average molecular weight is 326 g/mol. The molecule has 3 heterocycles. The van der Waals surface area contributed by atoms with Gasteiger partial charge in [-0.15, -0.1) is 5.10 Å². The van der Waals surface area contributed by atoms with E-state index in [-0.39, 0.29) is 0 Å². The second kappa shape index (κ2) is 7.55. The normalized spacial score (nSPS) is 14.2. The predicted octanol–water partition coefficient (Wildman–Crippen LogP) is 2.91. The molecule has 1 saturated heterocycles. The summed E-state index contributed by atoms with van der Waals surface area (Å²) in [5.41, 5.74) is 4.25. The third kappa shape index (κ3) is 3.63. The zero-order valence-corrected chi connectivity index (χ0v) is 14.8. The van der Waals surface area contributed by atoms with Crippen LogP contribution in [0.1, 0.15) is 49.3 Å². The van der Waals surface area contributed by atoms with E-state index in [4.69, 9.17) is 4.98 Å². The standard InChI is InChI=1S/C18H26N6/c1-4-15-16(5-2)22-23-18(21-15)19-12-14-9-8-13(3)20-17(14)24-10-6-7-11-24/h8-9H,4-7,10-12H2,1-3H3,(H,19,21,23). The molecule has 6 nitrogen and oxygen atoms in total. The Bertz CT molecular complexity index is 694. The zero-order chi connectivity index (χ0) is 16.9. The number of anilines is 2. The minimum absolute atomic E-state index is 0.594. The molecule has 0 saturated carbocycles. The highest BCUT2D eigenvalue weighted by Gasteiger charge is 2.17. The van der Waals surface area contributed by atoms with Crippen molar-refractivity contribution in [3.63, 3.8) is 0 Å². The zero-order valence-electron chi connectivity index (χ0n) is 14.8. The second-order valence-electron chi connectivity index (χ2n) is 6.22. The summed E-state index contributed by atoms with van der Waals surface area (Å²) in [6, 6.07) is 4.21. The summed E-state index contributed by atoms with van der Waals surface area (Å²) in [5, 5.41) is 11.8. The summed E-state index contributed by atoms with van der Waals surface area (Å²) in [6.07, 6.45) is 4.23. The molecule has 2 aromatic heterocycles. The number of aromatic nitrogens is 4. The summed E-state index contributed by atoms with van der Waals surface area (Å²) in [7, 11) is 0. The molecule has 1 fully saturated rings. The van der Waals surface area contributed by atoms with Crippen LogP contribution in [0.4, 0.5) is 11.8 Å². The van der Waals surface area contributed by atoms with Gasteiger partial charge in [-0.2, -0.15) is 5.10 Å². The molecule has 128 valence electrons. The van der Waals surface area contributed by atoms with Crippen LogP contribution in [0.3, 0.4) is 0 Å². The van der Waals surface area contributed by atoms with Crippen LogP contribution in [-0.2, 0) is 19.4 Å². The molecule has 24 heavy (non-hydrogen) atoms. The van der Waals surface area contributed by atoms with Crippen LogP contribution in [0.25, 0.3) is 0 Å². The van der Waals surface area contributed by atoms with Crippen LogP contribution in [0.2, 0.25) is 0 Å². The summed E-state index contributed by atoms with van der Waals surface area (Å²) in [4.78, 5) is 11.7. The lowest BCUT2D eigenvalue weighted by Crippen LogP contribution is -2.22. The highest BCUT2D eigenvalue weighted by Crippen LogP contribution is 2.23. The van der Waals surface area contributed by atoms with E-state index in [1.807, 2.05) is 6.92 Å². The fourth-order valence-electron chi connectivity index (χ4n) is 3.10. The lowest BCUT2D eigenvalue weighted by atomic mass is 10.2. The topological polar surface area (TPSA) is 66.8 Å². The molecule has 0 bridgehead atoms. The van der Waals surface area contributed by atoms with E-state index in [1.54, 1.807) is 0 Å².